The maximum Gasteiger partial charge on any atom is 0.298 e. The smallest absolute Gasteiger partial charge is 0.298 e. The Bertz CT molecular complexity index is 1300. The van der Waals surface area contributed by atoms with Gasteiger partial charge in [0.05, 0.1) is 15.5 Å². The Morgan fingerprint density at radius 2 is 1.82 bits per heavy atom. The van der Waals surface area contributed by atoms with E-state index in [-0.39, 0.29) is 23.4 Å². The van der Waals surface area contributed by atoms with Gasteiger partial charge in [0.1, 0.15) is 12.4 Å². The van der Waals surface area contributed by atoms with Gasteiger partial charge in [0.25, 0.3) is 16.8 Å². The summed E-state index contributed by atoms with van der Waals surface area (Å²) in [7, 11) is 0. The maximum atomic E-state index is 12.9. The molecule has 7 nitrogen and oxygen atoms in total. The number of thioether (sulfide) groups is 1. The van der Waals surface area contributed by atoms with Crippen LogP contribution in [-0.4, -0.2) is 16.1 Å². The molecule has 1 fully saturated rings. The first-order chi connectivity index (χ1) is 16.5. The summed E-state index contributed by atoms with van der Waals surface area (Å²) in [4.78, 5) is 37.4. The number of hydrogen-bond acceptors (Lipinski definition) is 6. The minimum Gasteiger partial charge on any atom is -0.489 e. The topological polar surface area (TPSA) is 89.8 Å². The summed E-state index contributed by atoms with van der Waals surface area (Å²) >= 11 is 0.898. The fraction of sp³-hybridized carbons (Fsp3) is 0.0769. The molecule has 0 aromatic heterocycles. The monoisotopic (exact) mass is 472 g/mol. The molecule has 0 atom stereocenters. The van der Waals surface area contributed by atoms with Gasteiger partial charge in [-0.05, 0) is 65.2 Å². The molecule has 8 heteroatoms. The van der Waals surface area contributed by atoms with E-state index in [1.807, 2.05) is 12.1 Å². The standard InChI is InChI=1S/C26H20N2O5S/c1-2-7-20-14-18(12-13-23(20)33-17-19-8-6-11-22(15-19)28(31)32)16-24-25(29)27(26(30)34-24)21-9-4-3-5-10-21/h2-6,8-16H,1,7,17H2/b24-16-. The van der Waals surface area contributed by atoms with Gasteiger partial charge < -0.3 is 4.74 Å². The van der Waals surface area contributed by atoms with Crippen LogP contribution in [0, 0.1) is 10.1 Å². The molecule has 1 aliphatic rings. The van der Waals surface area contributed by atoms with Crippen LogP contribution in [0.5, 0.6) is 5.75 Å². The Morgan fingerprint density at radius 1 is 1.03 bits per heavy atom. The van der Waals surface area contributed by atoms with Crippen LogP contribution < -0.4 is 9.64 Å². The molecule has 0 saturated carbocycles. The van der Waals surface area contributed by atoms with Crippen LogP contribution >= 0.6 is 11.8 Å². The second kappa shape index (κ2) is 10.2. The fourth-order valence-corrected chi connectivity index (χ4v) is 4.33. The van der Waals surface area contributed by atoms with Gasteiger partial charge in [-0.15, -0.1) is 6.58 Å². The van der Waals surface area contributed by atoms with E-state index < -0.39 is 4.92 Å². The van der Waals surface area contributed by atoms with Gasteiger partial charge >= 0.3 is 0 Å². The average molecular weight is 473 g/mol. The Hall–Kier alpha value is -4.17. The van der Waals surface area contributed by atoms with Gasteiger partial charge in [-0.2, -0.15) is 0 Å². The molecule has 0 N–H and O–H groups in total. The van der Waals surface area contributed by atoms with Crippen LogP contribution in [-0.2, 0) is 17.8 Å². The number of rotatable bonds is 8. The van der Waals surface area contributed by atoms with Crippen LogP contribution in [0.1, 0.15) is 16.7 Å². The number of benzene rings is 3. The summed E-state index contributed by atoms with van der Waals surface area (Å²) in [6, 6.07) is 20.5. The third-order valence-corrected chi connectivity index (χ3v) is 5.94. The number of ether oxygens (including phenoxy) is 1. The third kappa shape index (κ3) is 5.07. The third-order valence-electron chi connectivity index (χ3n) is 5.07. The van der Waals surface area contributed by atoms with E-state index in [0.717, 1.165) is 27.8 Å². The van der Waals surface area contributed by atoms with Gasteiger partial charge in [0.15, 0.2) is 0 Å². The number of para-hydroxylation sites is 1. The fourth-order valence-electron chi connectivity index (χ4n) is 3.48. The van der Waals surface area contributed by atoms with Crippen molar-refractivity contribution in [1.82, 2.24) is 0 Å². The maximum absolute atomic E-state index is 12.9. The first-order valence-corrected chi connectivity index (χ1v) is 11.2. The molecule has 3 aromatic carbocycles. The van der Waals surface area contributed by atoms with Crippen molar-refractivity contribution in [3.05, 3.63) is 117 Å². The minimum atomic E-state index is -0.444. The van der Waals surface area contributed by atoms with Crippen molar-refractivity contribution in [2.75, 3.05) is 4.90 Å². The predicted octanol–water partition coefficient (Wildman–Crippen LogP) is 6.14. The van der Waals surface area contributed by atoms with E-state index in [1.165, 1.54) is 12.1 Å². The van der Waals surface area contributed by atoms with Crippen LogP contribution in [0.3, 0.4) is 0 Å². The normalized spacial score (nSPS) is 14.5. The zero-order valence-electron chi connectivity index (χ0n) is 18.0. The SMILES string of the molecule is C=CCc1cc(/C=C2\SC(=O)N(c3ccccc3)C2=O)ccc1OCc1cccc([N+](=O)[O-])c1. The van der Waals surface area contributed by atoms with Gasteiger partial charge in [-0.1, -0.05) is 42.5 Å². The summed E-state index contributed by atoms with van der Waals surface area (Å²) in [5, 5.41) is 10.6. The van der Waals surface area contributed by atoms with E-state index in [1.54, 1.807) is 60.7 Å². The minimum absolute atomic E-state index is 0.00668. The largest absolute Gasteiger partial charge is 0.489 e. The molecular formula is C26H20N2O5S. The predicted molar refractivity (Wildman–Crippen MR) is 133 cm³/mol. The Kier molecular flexibility index (Phi) is 6.89. The zero-order valence-corrected chi connectivity index (χ0v) is 18.9. The molecule has 4 rings (SSSR count). The van der Waals surface area contributed by atoms with Crippen molar-refractivity contribution in [2.45, 2.75) is 13.0 Å². The summed E-state index contributed by atoms with van der Waals surface area (Å²) < 4.78 is 5.92. The van der Waals surface area contributed by atoms with E-state index >= 15 is 0 Å². The number of carbonyl (C=O) groups excluding carboxylic acids is 2. The van der Waals surface area contributed by atoms with Gasteiger partial charge in [-0.3, -0.25) is 19.7 Å². The number of carbonyl (C=O) groups is 2. The second-order valence-electron chi connectivity index (χ2n) is 7.43. The molecule has 1 saturated heterocycles. The molecule has 3 aromatic rings. The summed E-state index contributed by atoms with van der Waals surface area (Å²) in [5.74, 6) is 0.249. The molecule has 0 bridgehead atoms. The number of amides is 2. The Balaban J connectivity index is 1.54. The van der Waals surface area contributed by atoms with E-state index in [0.29, 0.717) is 28.3 Å². The van der Waals surface area contributed by atoms with Crippen LogP contribution in [0.2, 0.25) is 0 Å². The van der Waals surface area contributed by atoms with Gasteiger partial charge in [0.2, 0.25) is 0 Å². The quantitative estimate of drug-likeness (QED) is 0.169. The van der Waals surface area contributed by atoms with E-state index in [9.17, 15) is 19.7 Å². The van der Waals surface area contributed by atoms with Crippen molar-refractivity contribution < 1.29 is 19.2 Å². The molecule has 1 heterocycles. The number of nitrogens with zero attached hydrogens (tertiary/aromatic N) is 2. The number of allylic oxidation sites excluding steroid dienone is 1. The number of nitro benzene ring substituents is 1. The van der Waals surface area contributed by atoms with E-state index in [4.69, 9.17) is 4.74 Å². The molecule has 34 heavy (non-hydrogen) atoms. The van der Waals surface area contributed by atoms with Gasteiger partial charge in [0, 0.05) is 12.1 Å². The van der Waals surface area contributed by atoms with Crippen molar-refractivity contribution >= 4 is 40.4 Å². The highest BCUT2D eigenvalue weighted by Crippen LogP contribution is 2.36. The highest BCUT2D eigenvalue weighted by Gasteiger charge is 2.36. The van der Waals surface area contributed by atoms with Gasteiger partial charge in [-0.25, -0.2) is 4.90 Å². The van der Waals surface area contributed by atoms with Crippen LogP contribution in [0.15, 0.2) is 90.4 Å². The van der Waals surface area contributed by atoms with Crippen LogP contribution in [0.4, 0.5) is 16.2 Å². The first kappa shape index (κ1) is 23.0. The number of imide groups is 1. The first-order valence-electron chi connectivity index (χ1n) is 10.4. The lowest BCUT2D eigenvalue weighted by Crippen LogP contribution is -2.27. The lowest BCUT2D eigenvalue weighted by Gasteiger charge is -2.12. The number of nitro groups is 1. The zero-order chi connectivity index (χ0) is 24.1. The molecule has 170 valence electrons. The Morgan fingerprint density at radius 3 is 2.56 bits per heavy atom. The molecule has 0 aliphatic carbocycles. The van der Waals surface area contributed by atoms with Crippen molar-refractivity contribution in [3.63, 3.8) is 0 Å². The number of non-ortho nitro benzene ring substituents is 1. The molecule has 2 amide bonds. The molecular weight excluding hydrogens is 452 g/mol. The summed E-state index contributed by atoms with van der Waals surface area (Å²) in [5.41, 5.74) is 2.81. The lowest BCUT2D eigenvalue weighted by molar-refractivity contribution is -0.384. The molecule has 0 radical (unpaired) electrons. The van der Waals surface area contributed by atoms with Crippen LogP contribution in [0.25, 0.3) is 6.08 Å². The molecule has 0 unspecified atom stereocenters. The highest BCUT2D eigenvalue weighted by atomic mass is 32.2. The van der Waals surface area contributed by atoms with Crippen molar-refractivity contribution in [3.8, 4) is 5.75 Å². The summed E-state index contributed by atoms with van der Waals surface area (Å²) in [6.45, 7) is 3.96. The van der Waals surface area contributed by atoms with Crippen molar-refractivity contribution in [2.24, 2.45) is 0 Å². The second-order valence-corrected chi connectivity index (χ2v) is 8.42. The van der Waals surface area contributed by atoms with E-state index in [2.05, 4.69) is 6.58 Å². The Labute approximate surface area is 200 Å². The molecule has 0 spiro atoms. The number of anilines is 1. The molecule has 1 aliphatic heterocycles. The summed E-state index contributed by atoms with van der Waals surface area (Å²) in [6.07, 6.45) is 3.95. The number of hydrogen-bond donors (Lipinski definition) is 0. The van der Waals surface area contributed by atoms with Crippen molar-refractivity contribution in [1.29, 1.82) is 0 Å². The lowest BCUT2D eigenvalue weighted by atomic mass is 10.1. The average Bonchev–Trinajstić information content (AvgIpc) is 3.12. The highest BCUT2D eigenvalue weighted by molar-refractivity contribution is 8.19.